The Labute approximate surface area is 178 Å². The largest absolute Gasteiger partial charge is 0.325 e. The minimum atomic E-state index is -0.553. The molecular weight excluding hydrogens is 432 g/mol. The standard InChI is InChI=1S/C18H12N4O6S2/c23-16(19-12-3-7-14(8-4-12)22(27)28)10-20-17(24)15(30-18(20)29)9-11-1-5-13(6-2-11)21(25)26/h1-9H,10H2,(H,19,23)/b15-9-. The molecule has 1 aliphatic heterocycles. The Kier molecular flexibility index (Phi) is 6.18. The average Bonchev–Trinajstić information content (AvgIpc) is 2.96. The fourth-order valence-corrected chi connectivity index (χ4v) is 3.75. The van der Waals surface area contributed by atoms with Crippen molar-refractivity contribution in [1.82, 2.24) is 4.90 Å². The van der Waals surface area contributed by atoms with Gasteiger partial charge in [0.25, 0.3) is 17.3 Å². The smallest absolute Gasteiger partial charge is 0.269 e. The van der Waals surface area contributed by atoms with Gasteiger partial charge in [0.15, 0.2) is 0 Å². The number of thiocarbonyl (C=S) groups is 1. The molecule has 1 N–H and O–H groups in total. The normalized spacial score (nSPS) is 14.8. The van der Waals surface area contributed by atoms with E-state index in [1.165, 1.54) is 54.6 Å². The lowest BCUT2D eigenvalue weighted by molar-refractivity contribution is -0.385. The molecule has 0 bridgehead atoms. The van der Waals surface area contributed by atoms with Gasteiger partial charge in [-0.2, -0.15) is 0 Å². The summed E-state index contributed by atoms with van der Waals surface area (Å²) < 4.78 is 0.201. The van der Waals surface area contributed by atoms with Gasteiger partial charge in [-0.25, -0.2) is 0 Å². The second-order valence-electron chi connectivity index (χ2n) is 5.97. The van der Waals surface area contributed by atoms with Crippen LogP contribution in [0.2, 0.25) is 0 Å². The third-order valence-electron chi connectivity index (χ3n) is 3.94. The summed E-state index contributed by atoms with van der Waals surface area (Å²) in [5.41, 5.74) is 0.748. The van der Waals surface area contributed by atoms with E-state index in [1.54, 1.807) is 0 Å². The van der Waals surface area contributed by atoms with Gasteiger partial charge in [-0.1, -0.05) is 24.0 Å². The lowest BCUT2D eigenvalue weighted by atomic mass is 10.2. The van der Waals surface area contributed by atoms with Crippen molar-refractivity contribution in [2.75, 3.05) is 11.9 Å². The fourth-order valence-electron chi connectivity index (χ4n) is 2.49. The van der Waals surface area contributed by atoms with Crippen LogP contribution in [0.3, 0.4) is 0 Å². The maximum atomic E-state index is 12.6. The molecule has 10 nitrogen and oxygen atoms in total. The summed E-state index contributed by atoms with van der Waals surface area (Å²) >= 11 is 6.20. The van der Waals surface area contributed by atoms with Crippen LogP contribution in [0, 0.1) is 20.2 Å². The molecule has 0 unspecified atom stereocenters. The summed E-state index contributed by atoms with van der Waals surface area (Å²) in [5.74, 6) is -0.973. The molecule has 1 fully saturated rings. The van der Waals surface area contributed by atoms with Crippen molar-refractivity contribution >= 4 is 63.3 Å². The highest BCUT2D eigenvalue weighted by molar-refractivity contribution is 8.26. The molecule has 1 heterocycles. The molecule has 30 heavy (non-hydrogen) atoms. The van der Waals surface area contributed by atoms with Crippen LogP contribution in [0.15, 0.2) is 53.4 Å². The first-order chi connectivity index (χ1) is 14.2. The Hall–Kier alpha value is -3.64. The Bertz CT molecular complexity index is 1080. The highest BCUT2D eigenvalue weighted by Gasteiger charge is 2.33. The predicted molar refractivity (Wildman–Crippen MR) is 115 cm³/mol. The van der Waals surface area contributed by atoms with Crippen LogP contribution in [0.5, 0.6) is 0 Å². The van der Waals surface area contributed by atoms with E-state index < -0.39 is 21.7 Å². The van der Waals surface area contributed by atoms with Crippen molar-refractivity contribution in [3.8, 4) is 0 Å². The second-order valence-corrected chi connectivity index (χ2v) is 7.64. The first-order valence-electron chi connectivity index (χ1n) is 8.29. The molecule has 0 aliphatic carbocycles. The van der Waals surface area contributed by atoms with Gasteiger partial charge in [0, 0.05) is 30.0 Å². The van der Waals surface area contributed by atoms with Crippen molar-refractivity contribution in [1.29, 1.82) is 0 Å². The van der Waals surface area contributed by atoms with E-state index in [0.29, 0.717) is 11.3 Å². The highest BCUT2D eigenvalue weighted by atomic mass is 32.2. The van der Waals surface area contributed by atoms with E-state index in [0.717, 1.165) is 16.7 Å². The van der Waals surface area contributed by atoms with Crippen LogP contribution in [-0.2, 0) is 9.59 Å². The molecule has 0 spiro atoms. The minimum absolute atomic E-state index is 0.0670. The Balaban J connectivity index is 1.66. The number of nitro benzene ring substituents is 2. The zero-order chi connectivity index (χ0) is 21.8. The van der Waals surface area contributed by atoms with Crippen molar-refractivity contribution in [2.45, 2.75) is 0 Å². The van der Waals surface area contributed by atoms with Crippen LogP contribution >= 0.6 is 24.0 Å². The van der Waals surface area contributed by atoms with Crippen LogP contribution in [0.25, 0.3) is 6.08 Å². The van der Waals surface area contributed by atoms with Crippen molar-refractivity contribution in [3.63, 3.8) is 0 Å². The first-order valence-corrected chi connectivity index (χ1v) is 9.51. The summed E-state index contributed by atoms with van der Waals surface area (Å²) in [6.45, 7) is -0.320. The van der Waals surface area contributed by atoms with E-state index in [4.69, 9.17) is 12.2 Å². The number of nitrogens with one attached hydrogen (secondary N) is 1. The molecule has 2 aromatic carbocycles. The summed E-state index contributed by atoms with van der Waals surface area (Å²) in [6, 6.07) is 10.9. The molecule has 2 amide bonds. The van der Waals surface area contributed by atoms with E-state index in [1.807, 2.05) is 0 Å². The number of rotatable bonds is 6. The number of carbonyl (C=O) groups is 2. The number of anilines is 1. The van der Waals surface area contributed by atoms with E-state index in [9.17, 15) is 29.8 Å². The molecule has 1 aliphatic rings. The Morgan fingerprint density at radius 2 is 1.57 bits per heavy atom. The maximum absolute atomic E-state index is 12.6. The number of thioether (sulfide) groups is 1. The monoisotopic (exact) mass is 444 g/mol. The third-order valence-corrected chi connectivity index (χ3v) is 5.32. The van der Waals surface area contributed by atoms with E-state index in [2.05, 4.69) is 5.32 Å². The van der Waals surface area contributed by atoms with Crippen molar-refractivity contribution in [3.05, 3.63) is 79.2 Å². The number of nitro groups is 2. The summed E-state index contributed by atoms with van der Waals surface area (Å²) in [6.07, 6.45) is 1.54. The molecule has 12 heteroatoms. The molecule has 3 rings (SSSR count). The number of amides is 2. The number of carbonyl (C=O) groups excluding carboxylic acids is 2. The number of nitrogens with zero attached hydrogens (tertiary/aromatic N) is 3. The van der Waals surface area contributed by atoms with Crippen molar-refractivity contribution in [2.24, 2.45) is 0 Å². The Morgan fingerprint density at radius 1 is 1.03 bits per heavy atom. The van der Waals surface area contributed by atoms with Gasteiger partial charge in [-0.3, -0.25) is 34.7 Å². The molecule has 152 valence electrons. The van der Waals surface area contributed by atoms with Crippen molar-refractivity contribution < 1.29 is 19.4 Å². The lowest BCUT2D eigenvalue weighted by Gasteiger charge is -2.14. The quantitative estimate of drug-likeness (QED) is 0.310. The zero-order valence-electron chi connectivity index (χ0n) is 15.0. The van der Waals surface area contributed by atoms with Crippen LogP contribution in [0.4, 0.5) is 17.1 Å². The number of non-ortho nitro benzene ring substituents is 2. The minimum Gasteiger partial charge on any atom is -0.325 e. The van der Waals surface area contributed by atoms with Gasteiger partial charge >= 0.3 is 0 Å². The van der Waals surface area contributed by atoms with Gasteiger partial charge in [0.2, 0.25) is 5.91 Å². The van der Waals surface area contributed by atoms with E-state index >= 15 is 0 Å². The first kappa shape index (κ1) is 21.1. The lowest BCUT2D eigenvalue weighted by Crippen LogP contribution is -2.36. The fraction of sp³-hybridized carbons (Fsp3) is 0.0556. The van der Waals surface area contributed by atoms with Crippen LogP contribution < -0.4 is 5.32 Å². The number of hydrogen-bond acceptors (Lipinski definition) is 8. The van der Waals surface area contributed by atoms with Gasteiger partial charge in [0.1, 0.15) is 10.9 Å². The average molecular weight is 444 g/mol. The summed E-state index contributed by atoms with van der Waals surface area (Å²) in [5, 5.41) is 23.9. The van der Waals surface area contributed by atoms with Crippen LogP contribution in [-0.4, -0.2) is 37.4 Å². The highest BCUT2D eigenvalue weighted by Crippen LogP contribution is 2.32. The molecule has 0 atom stereocenters. The second kappa shape index (κ2) is 8.80. The molecule has 1 saturated heterocycles. The summed E-state index contributed by atoms with van der Waals surface area (Å²) in [4.78, 5) is 46.6. The van der Waals surface area contributed by atoms with Gasteiger partial charge in [-0.15, -0.1) is 0 Å². The van der Waals surface area contributed by atoms with Gasteiger partial charge in [-0.05, 0) is 35.9 Å². The molecule has 0 radical (unpaired) electrons. The zero-order valence-corrected chi connectivity index (χ0v) is 16.6. The molecule has 0 saturated carbocycles. The van der Waals surface area contributed by atoms with Gasteiger partial charge < -0.3 is 5.32 Å². The topological polar surface area (TPSA) is 136 Å². The molecule has 0 aromatic heterocycles. The predicted octanol–water partition coefficient (Wildman–Crippen LogP) is 3.34. The number of benzene rings is 2. The summed E-state index contributed by atoms with van der Waals surface area (Å²) in [7, 11) is 0. The Morgan fingerprint density at radius 3 is 2.10 bits per heavy atom. The van der Waals surface area contributed by atoms with Gasteiger partial charge in [0.05, 0.1) is 14.8 Å². The number of hydrogen-bond donors (Lipinski definition) is 1. The van der Waals surface area contributed by atoms with Crippen LogP contribution in [0.1, 0.15) is 5.56 Å². The molecule has 2 aromatic rings. The third kappa shape index (κ3) is 4.85. The molecular formula is C18H12N4O6S2. The van der Waals surface area contributed by atoms with E-state index in [-0.39, 0.29) is 27.1 Å². The SMILES string of the molecule is O=C(CN1C(=O)/C(=C/c2ccc([N+](=O)[O-])cc2)SC1=S)Nc1ccc([N+](=O)[O-])cc1. The maximum Gasteiger partial charge on any atom is 0.269 e.